The van der Waals surface area contributed by atoms with Gasteiger partial charge >= 0.3 is 0 Å². The summed E-state index contributed by atoms with van der Waals surface area (Å²) in [4.78, 5) is 12.5. The zero-order valence-corrected chi connectivity index (χ0v) is 44.0. The molecular formula is C61H115NO3. The number of nitrogens with one attached hydrogen (secondary N) is 1. The van der Waals surface area contributed by atoms with Gasteiger partial charge < -0.3 is 15.5 Å². The van der Waals surface area contributed by atoms with Crippen LogP contribution < -0.4 is 5.32 Å². The summed E-state index contributed by atoms with van der Waals surface area (Å²) < 4.78 is 0. The average Bonchev–Trinajstić information content (AvgIpc) is 3.31. The van der Waals surface area contributed by atoms with Crippen LogP contribution in [0.3, 0.4) is 0 Å². The Hall–Kier alpha value is -1.65. The van der Waals surface area contributed by atoms with Crippen LogP contribution in [-0.2, 0) is 4.79 Å². The molecule has 0 bridgehead atoms. The lowest BCUT2D eigenvalue weighted by atomic mass is 10.0. The maximum Gasteiger partial charge on any atom is 0.220 e. The van der Waals surface area contributed by atoms with Crippen molar-refractivity contribution in [1.82, 2.24) is 5.32 Å². The minimum Gasteiger partial charge on any atom is -0.394 e. The number of allylic oxidation sites excluding steroid dienone is 7. The van der Waals surface area contributed by atoms with Gasteiger partial charge in [0.05, 0.1) is 18.8 Å². The van der Waals surface area contributed by atoms with Gasteiger partial charge in [-0.3, -0.25) is 4.79 Å². The van der Waals surface area contributed by atoms with Gasteiger partial charge in [-0.2, -0.15) is 0 Å². The quantitative estimate of drug-likeness (QED) is 0.0421. The van der Waals surface area contributed by atoms with Crippen LogP contribution in [0, 0.1) is 0 Å². The zero-order chi connectivity index (χ0) is 47.0. The van der Waals surface area contributed by atoms with Crippen molar-refractivity contribution >= 4 is 5.91 Å². The van der Waals surface area contributed by atoms with Crippen molar-refractivity contribution < 1.29 is 15.0 Å². The number of unbranched alkanes of at least 4 members (excludes halogenated alkanes) is 41. The van der Waals surface area contributed by atoms with Gasteiger partial charge in [0.1, 0.15) is 0 Å². The van der Waals surface area contributed by atoms with Crippen LogP contribution in [0.2, 0.25) is 0 Å². The Labute approximate surface area is 407 Å². The smallest absolute Gasteiger partial charge is 0.220 e. The summed E-state index contributed by atoms with van der Waals surface area (Å²) in [6, 6.07) is -0.624. The van der Waals surface area contributed by atoms with Gasteiger partial charge in [-0.15, -0.1) is 0 Å². The number of aliphatic hydroxyl groups excluding tert-OH is 2. The third-order valence-electron chi connectivity index (χ3n) is 13.6. The predicted octanol–water partition coefficient (Wildman–Crippen LogP) is 19.4. The standard InChI is InChI=1S/C61H115NO3/c1-3-5-7-9-11-13-15-17-19-21-23-25-27-29-30-31-32-33-35-37-39-41-43-45-47-49-51-53-55-57-61(65)62-59(58-63)60(64)56-54-52-50-48-46-44-42-40-38-36-34-28-26-24-22-20-18-16-14-12-10-8-6-4-2/h15,17,21,23,27,29,54,56,59-60,63-64H,3-14,16,18-20,22,24-26,28,30-53,55,57-58H2,1-2H3,(H,62,65)/b17-15-,23-21-,29-27-,56-54+. The zero-order valence-electron chi connectivity index (χ0n) is 44.0. The van der Waals surface area contributed by atoms with Crippen molar-refractivity contribution in [2.24, 2.45) is 0 Å². The molecule has 2 atom stereocenters. The molecule has 0 saturated carbocycles. The molecule has 0 heterocycles. The van der Waals surface area contributed by atoms with Crippen LogP contribution in [0.4, 0.5) is 0 Å². The molecule has 382 valence electrons. The van der Waals surface area contributed by atoms with Crippen molar-refractivity contribution in [3.63, 3.8) is 0 Å². The topological polar surface area (TPSA) is 69.6 Å². The lowest BCUT2D eigenvalue weighted by Crippen LogP contribution is -2.45. The predicted molar refractivity (Wildman–Crippen MR) is 290 cm³/mol. The first kappa shape index (κ1) is 63.4. The number of hydrogen-bond acceptors (Lipinski definition) is 3. The van der Waals surface area contributed by atoms with Crippen LogP contribution in [-0.4, -0.2) is 34.9 Å². The highest BCUT2D eigenvalue weighted by molar-refractivity contribution is 5.76. The molecule has 1 amide bonds. The number of hydrogen-bond donors (Lipinski definition) is 3. The lowest BCUT2D eigenvalue weighted by Gasteiger charge is -2.20. The van der Waals surface area contributed by atoms with Crippen LogP contribution in [0.5, 0.6) is 0 Å². The third-order valence-corrected chi connectivity index (χ3v) is 13.6. The van der Waals surface area contributed by atoms with E-state index in [9.17, 15) is 15.0 Å². The first-order valence-corrected chi connectivity index (χ1v) is 29.4. The summed E-state index contributed by atoms with van der Waals surface area (Å²) >= 11 is 0. The molecule has 0 aromatic rings. The van der Waals surface area contributed by atoms with E-state index in [2.05, 4.69) is 55.6 Å². The monoisotopic (exact) mass is 910 g/mol. The van der Waals surface area contributed by atoms with E-state index in [1.54, 1.807) is 6.08 Å². The molecule has 0 spiro atoms. The van der Waals surface area contributed by atoms with Gasteiger partial charge in [-0.1, -0.05) is 300 Å². The second-order valence-corrected chi connectivity index (χ2v) is 20.1. The van der Waals surface area contributed by atoms with Gasteiger partial charge in [0.15, 0.2) is 0 Å². The molecule has 0 aliphatic carbocycles. The van der Waals surface area contributed by atoms with E-state index in [0.29, 0.717) is 6.42 Å². The van der Waals surface area contributed by atoms with Gasteiger partial charge in [0.25, 0.3) is 0 Å². The van der Waals surface area contributed by atoms with Crippen molar-refractivity contribution in [2.45, 2.75) is 328 Å². The average molecular weight is 911 g/mol. The SMILES string of the molecule is CCCCCCC/C=C\C/C=C\C/C=C\CCCCCCCCCCCCCCCCC(=O)NC(CO)C(O)/C=C/CCCCCCCCCCCCCCCCCCCCCCCC. The fourth-order valence-corrected chi connectivity index (χ4v) is 9.07. The molecule has 0 rings (SSSR count). The highest BCUT2D eigenvalue weighted by atomic mass is 16.3. The van der Waals surface area contributed by atoms with Gasteiger partial charge in [0.2, 0.25) is 5.91 Å². The van der Waals surface area contributed by atoms with Crippen LogP contribution in [0.1, 0.15) is 316 Å². The van der Waals surface area contributed by atoms with Gasteiger partial charge in [0, 0.05) is 6.42 Å². The van der Waals surface area contributed by atoms with E-state index in [0.717, 1.165) is 38.5 Å². The molecule has 0 radical (unpaired) electrons. The normalized spacial score (nSPS) is 13.1. The number of amides is 1. The lowest BCUT2D eigenvalue weighted by molar-refractivity contribution is -0.123. The first-order chi connectivity index (χ1) is 32.2. The minimum atomic E-state index is -0.841. The van der Waals surface area contributed by atoms with Crippen molar-refractivity contribution in [3.05, 3.63) is 48.6 Å². The van der Waals surface area contributed by atoms with Crippen LogP contribution in [0.25, 0.3) is 0 Å². The molecule has 4 nitrogen and oxygen atoms in total. The number of carbonyl (C=O) groups is 1. The second kappa shape index (κ2) is 56.7. The molecule has 0 saturated heterocycles. The first-order valence-electron chi connectivity index (χ1n) is 29.4. The van der Waals surface area contributed by atoms with E-state index in [-0.39, 0.29) is 12.5 Å². The largest absolute Gasteiger partial charge is 0.394 e. The molecule has 0 aliphatic rings. The molecule has 65 heavy (non-hydrogen) atoms. The minimum absolute atomic E-state index is 0.0613. The molecular weight excluding hydrogens is 795 g/mol. The van der Waals surface area contributed by atoms with Crippen LogP contribution in [0.15, 0.2) is 48.6 Å². The van der Waals surface area contributed by atoms with Crippen molar-refractivity contribution in [3.8, 4) is 0 Å². The summed E-state index contributed by atoms with van der Waals surface area (Å²) in [5, 5.41) is 23.2. The molecule has 0 aliphatic heterocycles. The maximum absolute atomic E-state index is 12.5. The van der Waals surface area contributed by atoms with Crippen molar-refractivity contribution in [1.29, 1.82) is 0 Å². The maximum atomic E-state index is 12.5. The Morgan fingerprint density at radius 2 is 0.631 bits per heavy atom. The number of aliphatic hydroxyl groups is 2. The fourth-order valence-electron chi connectivity index (χ4n) is 9.07. The summed E-state index contributed by atoms with van der Waals surface area (Å²) in [6.45, 7) is 4.33. The highest BCUT2D eigenvalue weighted by Crippen LogP contribution is 2.17. The number of rotatable bonds is 54. The van der Waals surface area contributed by atoms with E-state index < -0.39 is 12.1 Å². The molecule has 4 heteroatoms. The van der Waals surface area contributed by atoms with E-state index in [1.165, 1.54) is 257 Å². The molecule has 3 N–H and O–H groups in total. The van der Waals surface area contributed by atoms with Gasteiger partial charge in [-0.25, -0.2) is 0 Å². The third kappa shape index (κ3) is 53.2. The molecule has 2 unspecified atom stereocenters. The molecule has 0 aromatic heterocycles. The molecule has 0 fully saturated rings. The van der Waals surface area contributed by atoms with Crippen molar-refractivity contribution in [2.75, 3.05) is 6.61 Å². The van der Waals surface area contributed by atoms with Gasteiger partial charge in [-0.05, 0) is 57.8 Å². The van der Waals surface area contributed by atoms with E-state index in [1.807, 2.05) is 6.08 Å². The van der Waals surface area contributed by atoms with E-state index in [4.69, 9.17) is 0 Å². The summed E-state index contributed by atoms with van der Waals surface area (Å²) in [6.07, 6.45) is 78.5. The van der Waals surface area contributed by atoms with E-state index >= 15 is 0 Å². The Kier molecular flexibility index (Phi) is 55.2. The Morgan fingerprint density at radius 3 is 0.938 bits per heavy atom. The summed E-state index contributed by atoms with van der Waals surface area (Å²) in [5.74, 6) is -0.0613. The summed E-state index contributed by atoms with van der Waals surface area (Å²) in [5.41, 5.74) is 0. The summed E-state index contributed by atoms with van der Waals surface area (Å²) in [7, 11) is 0. The van der Waals surface area contributed by atoms with Crippen LogP contribution >= 0.6 is 0 Å². The Bertz CT molecular complexity index is 1030. The second-order valence-electron chi connectivity index (χ2n) is 20.1. The molecule has 0 aromatic carbocycles. The fraction of sp³-hybridized carbons (Fsp3) is 0.852. The highest BCUT2D eigenvalue weighted by Gasteiger charge is 2.18. The Balaban J connectivity index is 3.49. The number of carbonyl (C=O) groups excluding carboxylic acids is 1. The Morgan fingerprint density at radius 1 is 0.369 bits per heavy atom.